The van der Waals surface area contributed by atoms with Gasteiger partial charge in [-0.15, -0.1) is 11.6 Å². The van der Waals surface area contributed by atoms with Gasteiger partial charge in [0.2, 0.25) is 5.88 Å². The maximum Gasteiger partial charge on any atom is 0.336 e. The molecule has 0 saturated heterocycles. The van der Waals surface area contributed by atoms with Crippen LogP contribution in [0.15, 0.2) is 48.8 Å². The van der Waals surface area contributed by atoms with Gasteiger partial charge in [0.15, 0.2) is 0 Å². The van der Waals surface area contributed by atoms with Crippen LogP contribution in [-0.4, -0.2) is 21.0 Å². The number of fused-ring (bicyclic) bond motifs is 1. The summed E-state index contributed by atoms with van der Waals surface area (Å²) in [7, 11) is 0. The lowest BCUT2D eigenvalue weighted by Crippen LogP contribution is -1.97. The summed E-state index contributed by atoms with van der Waals surface area (Å²) in [6.07, 6.45) is 1.39. The molecule has 1 N–H and O–H groups in total. The molecule has 0 aliphatic carbocycles. The van der Waals surface area contributed by atoms with Crippen molar-refractivity contribution >= 4 is 28.3 Å². The third kappa shape index (κ3) is 2.84. The maximum absolute atomic E-state index is 11.2. The van der Waals surface area contributed by atoms with Crippen LogP contribution in [0.1, 0.15) is 16.1 Å². The van der Waals surface area contributed by atoms with Gasteiger partial charge in [-0.3, -0.25) is 0 Å². The standard InChI is InChI=1S/C16H11ClN2O3/c17-8-11-7-15(19-9-18-11)22-12-4-5-13-10(6-12)2-1-3-14(13)16(20)21/h1-7,9H,8H2,(H,20,21). The first kappa shape index (κ1) is 14.3. The first-order valence-corrected chi connectivity index (χ1v) is 7.01. The summed E-state index contributed by atoms with van der Waals surface area (Å²) in [5, 5.41) is 10.6. The van der Waals surface area contributed by atoms with Gasteiger partial charge in [-0.25, -0.2) is 14.8 Å². The number of aromatic nitrogens is 2. The highest BCUT2D eigenvalue weighted by Crippen LogP contribution is 2.27. The smallest absolute Gasteiger partial charge is 0.336 e. The van der Waals surface area contributed by atoms with Crippen LogP contribution in [0.2, 0.25) is 0 Å². The van der Waals surface area contributed by atoms with Gasteiger partial charge < -0.3 is 9.84 Å². The largest absolute Gasteiger partial charge is 0.478 e. The number of benzene rings is 2. The van der Waals surface area contributed by atoms with Crippen molar-refractivity contribution in [2.24, 2.45) is 0 Å². The quantitative estimate of drug-likeness (QED) is 0.740. The Morgan fingerprint density at radius 3 is 2.82 bits per heavy atom. The molecular weight excluding hydrogens is 304 g/mol. The van der Waals surface area contributed by atoms with Crippen molar-refractivity contribution in [1.29, 1.82) is 0 Å². The number of ether oxygens (including phenoxy) is 1. The van der Waals surface area contributed by atoms with Gasteiger partial charge in [-0.05, 0) is 35.0 Å². The highest BCUT2D eigenvalue weighted by Gasteiger charge is 2.09. The second-order valence-electron chi connectivity index (χ2n) is 4.58. The van der Waals surface area contributed by atoms with E-state index in [2.05, 4.69) is 9.97 Å². The molecular formula is C16H11ClN2O3. The molecule has 0 unspecified atom stereocenters. The second kappa shape index (κ2) is 5.99. The molecule has 0 amide bonds. The minimum absolute atomic E-state index is 0.260. The van der Waals surface area contributed by atoms with Gasteiger partial charge >= 0.3 is 5.97 Å². The van der Waals surface area contributed by atoms with Crippen LogP contribution in [0, 0.1) is 0 Å². The van der Waals surface area contributed by atoms with Crippen molar-refractivity contribution in [2.45, 2.75) is 5.88 Å². The summed E-state index contributed by atoms with van der Waals surface area (Å²) in [5.74, 6) is 0.272. The van der Waals surface area contributed by atoms with Crippen molar-refractivity contribution in [3.63, 3.8) is 0 Å². The zero-order valence-electron chi connectivity index (χ0n) is 11.4. The molecule has 6 heteroatoms. The number of halogens is 1. The monoisotopic (exact) mass is 314 g/mol. The van der Waals surface area contributed by atoms with Crippen LogP contribution in [0.3, 0.4) is 0 Å². The average Bonchev–Trinajstić information content (AvgIpc) is 2.54. The van der Waals surface area contributed by atoms with Gasteiger partial charge in [-0.1, -0.05) is 12.1 Å². The Kier molecular flexibility index (Phi) is 3.89. The first-order chi connectivity index (χ1) is 10.7. The summed E-state index contributed by atoms with van der Waals surface area (Å²) >= 11 is 5.73. The van der Waals surface area contributed by atoms with E-state index in [4.69, 9.17) is 16.3 Å². The van der Waals surface area contributed by atoms with Crippen LogP contribution in [0.5, 0.6) is 11.6 Å². The third-order valence-electron chi connectivity index (χ3n) is 3.14. The summed E-state index contributed by atoms with van der Waals surface area (Å²) < 4.78 is 5.67. The van der Waals surface area contributed by atoms with E-state index in [1.807, 2.05) is 6.07 Å². The van der Waals surface area contributed by atoms with Gasteiger partial charge in [0.05, 0.1) is 17.1 Å². The van der Waals surface area contributed by atoms with E-state index in [0.29, 0.717) is 22.7 Å². The van der Waals surface area contributed by atoms with E-state index < -0.39 is 5.97 Å². The molecule has 0 saturated carbocycles. The fourth-order valence-corrected chi connectivity index (χ4v) is 2.28. The van der Waals surface area contributed by atoms with Crippen molar-refractivity contribution in [3.05, 3.63) is 60.0 Å². The average molecular weight is 315 g/mol. The van der Waals surface area contributed by atoms with E-state index >= 15 is 0 Å². The number of rotatable bonds is 4. The van der Waals surface area contributed by atoms with Crippen LogP contribution in [-0.2, 0) is 5.88 Å². The van der Waals surface area contributed by atoms with E-state index in [9.17, 15) is 9.90 Å². The lowest BCUT2D eigenvalue weighted by atomic mass is 10.0. The molecule has 0 spiro atoms. The number of carbonyl (C=O) groups is 1. The molecule has 0 atom stereocenters. The van der Waals surface area contributed by atoms with E-state index in [-0.39, 0.29) is 11.4 Å². The van der Waals surface area contributed by atoms with Crippen LogP contribution in [0.25, 0.3) is 10.8 Å². The minimum atomic E-state index is -0.957. The predicted molar refractivity (Wildman–Crippen MR) is 82.6 cm³/mol. The Morgan fingerprint density at radius 2 is 2.05 bits per heavy atom. The number of carboxylic acid groups (broad SMARTS) is 1. The zero-order valence-corrected chi connectivity index (χ0v) is 12.1. The molecule has 110 valence electrons. The summed E-state index contributed by atoms with van der Waals surface area (Å²) in [4.78, 5) is 19.2. The highest BCUT2D eigenvalue weighted by atomic mass is 35.5. The second-order valence-corrected chi connectivity index (χ2v) is 4.84. The number of hydrogen-bond donors (Lipinski definition) is 1. The van der Waals surface area contributed by atoms with Gasteiger partial charge in [-0.2, -0.15) is 0 Å². The first-order valence-electron chi connectivity index (χ1n) is 6.48. The van der Waals surface area contributed by atoms with Gasteiger partial charge in [0.25, 0.3) is 0 Å². The molecule has 2 aromatic carbocycles. The van der Waals surface area contributed by atoms with E-state index in [1.165, 1.54) is 6.33 Å². The number of aromatic carboxylic acids is 1. The Hall–Kier alpha value is -2.66. The fraction of sp³-hybridized carbons (Fsp3) is 0.0625. The Labute approximate surface area is 131 Å². The van der Waals surface area contributed by atoms with E-state index in [1.54, 1.807) is 36.4 Å². The lowest BCUT2D eigenvalue weighted by molar-refractivity contribution is 0.0699. The lowest BCUT2D eigenvalue weighted by Gasteiger charge is -2.07. The molecule has 3 aromatic rings. The molecule has 0 aliphatic rings. The number of alkyl halides is 1. The van der Waals surface area contributed by atoms with Crippen LogP contribution < -0.4 is 4.74 Å². The topological polar surface area (TPSA) is 72.3 Å². The fourth-order valence-electron chi connectivity index (χ4n) is 2.14. The Bertz CT molecular complexity index is 852. The van der Waals surface area contributed by atoms with Crippen molar-refractivity contribution in [3.8, 4) is 11.6 Å². The molecule has 0 bridgehead atoms. The number of nitrogens with zero attached hydrogens (tertiary/aromatic N) is 2. The molecule has 0 radical (unpaired) electrons. The molecule has 5 nitrogen and oxygen atoms in total. The Balaban J connectivity index is 1.97. The number of carboxylic acids is 1. The van der Waals surface area contributed by atoms with Crippen LogP contribution >= 0.6 is 11.6 Å². The molecule has 0 aliphatic heterocycles. The van der Waals surface area contributed by atoms with Crippen molar-refractivity contribution in [2.75, 3.05) is 0 Å². The normalized spacial score (nSPS) is 10.6. The van der Waals surface area contributed by atoms with Crippen LogP contribution in [0.4, 0.5) is 0 Å². The third-order valence-corrected chi connectivity index (χ3v) is 3.41. The molecule has 0 fully saturated rings. The summed E-state index contributed by atoms with van der Waals surface area (Å²) in [6.45, 7) is 0. The van der Waals surface area contributed by atoms with E-state index in [0.717, 1.165) is 5.39 Å². The molecule has 3 rings (SSSR count). The molecule has 1 heterocycles. The highest BCUT2D eigenvalue weighted by molar-refractivity contribution is 6.16. The van der Waals surface area contributed by atoms with Gasteiger partial charge in [0, 0.05) is 6.07 Å². The maximum atomic E-state index is 11.2. The van der Waals surface area contributed by atoms with Crippen molar-refractivity contribution in [1.82, 2.24) is 9.97 Å². The zero-order chi connectivity index (χ0) is 15.5. The molecule has 22 heavy (non-hydrogen) atoms. The minimum Gasteiger partial charge on any atom is -0.478 e. The number of hydrogen-bond acceptors (Lipinski definition) is 4. The SMILES string of the molecule is O=C(O)c1cccc2cc(Oc3cc(CCl)ncn3)ccc12. The predicted octanol–water partition coefficient (Wildman–Crippen LogP) is 3.86. The molecule has 1 aromatic heterocycles. The van der Waals surface area contributed by atoms with Crippen molar-refractivity contribution < 1.29 is 14.6 Å². The Morgan fingerprint density at radius 1 is 1.18 bits per heavy atom. The summed E-state index contributed by atoms with van der Waals surface area (Å²) in [5.41, 5.74) is 0.927. The summed E-state index contributed by atoms with van der Waals surface area (Å²) in [6, 6.07) is 12.0. The van der Waals surface area contributed by atoms with Gasteiger partial charge in [0.1, 0.15) is 12.1 Å².